The van der Waals surface area contributed by atoms with Gasteiger partial charge in [0.25, 0.3) is 0 Å². The van der Waals surface area contributed by atoms with E-state index < -0.39 is 0 Å². The number of pyridine rings is 1. The molecule has 0 radical (unpaired) electrons. The molecule has 0 atom stereocenters. The number of hydrogen-bond donors (Lipinski definition) is 1. The van der Waals surface area contributed by atoms with Crippen LogP contribution in [0.1, 0.15) is 0 Å². The van der Waals surface area contributed by atoms with Gasteiger partial charge < -0.3 is 5.73 Å². The number of nitrogens with zero attached hydrogens (tertiary/aromatic N) is 1. The van der Waals surface area contributed by atoms with Crippen molar-refractivity contribution >= 4 is 29.1 Å². The minimum Gasteiger partial charge on any atom is -0.398 e. The minimum atomic E-state index is 0.651. The van der Waals surface area contributed by atoms with E-state index in [-0.39, 0.29) is 0 Å². The lowest BCUT2D eigenvalue weighted by atomic mass is 10.3. The Morgan fingerprint density at radius 1 is 1.20 bits per heavy atom. The molecule has 15 heavy (non-hydrogen) atoms. The van der Waals surface area contributed by atoms with Crippen molar-refractivity contribution in [2.75, 3.05) is 5.73 Å². The van der Waals surface area contributed by atoms with Crippen LogP contribution in [0.3, 0.4) is 0 Å². The number of rotatable bonds is 2. The van der Waals surface area contributed by atoms with Crippen molar-refractivity contribution in [3.05, 3.63) is 47.6 Å². The van der Waals surface area contributed by atoms with Crippen LogP contribution >= 0.6 is 23.4 Å². The predicted octanol–water partition coefficient (Wildman–Crippen LogP) is 3.47. The van der Waals surface area contributed by atoms with Crippen LogP contribution in [0.25, 0.3) is 0 Å². The number of anilines is 1. The Kier molecular flexibility index (Phi) is 3.14. The number of nitrogens with two attached hydrogens (primary N) is 1. The number of aromatic nitrogens is 1. The molecule has 0 unspecified atom stereocenters. The third-order valence-electron chi connectivity index (χ3n) is 1.82. The molecule has 1 aromatic heterocycles. The smallest absolute Gasteiger partial charge is 0.101 e. The van der Waals surface area contributed by atoms with Crippen LogP contribution in [-0.2, 0) is 0 Å². The van der Waals surface area contributed by atoms with Crippen LogP contribution < -0.4 is 5.73 Å². The second-order valence-corrected chi connectivity index (χ2v) is 4.45. The largest absolute Gasteiger partial charge is 0.398 e. The van der Waals surface area contributed by atoms with Crippen LogP contribution in [0, 0.1) is 0 Å². The first-order chi connectivity index (χ1) is 7.25. The first-order valence-electron chi connectivity index (χ1n) is 4.39. The van der Waals surface area contributed by atoms with Crippen molar-refractivity contribution in [3.63, 3.8) is 0 Å². The lowest BCUT2D eigenvalue weighted by molar-refractivity contribution is 1.13. The monoisotopic (exact) mass is 236 g/mol. The van der Waals surface area contributed by atoms with Crippen LogP contribution in [0.4, 0.5) is 5.69 Å². The molecule has 2 rings (SSSR count). The average Bonchev–Trinajstić information content (AvgIpc) is 2.24. The molecule has 1 aromatic carbocycles. The molecule has 2 nitrogen and oxygen atoms in total. The van der Waals surface area contributed by atoms with Gasteiger partial charge in [-0.15, -0.1) is 0 Å². The summed E-state index contributed by atoms with van der Waals surface area (Å²) in [5, 5.41) is 1.57. The molecule has 4 heteroatoms. The fraction of sp³-hybridized carbons (Fsp3) is 0. The highest BCUT2D eigenvalue weighted by Crippen LogP contribution is 2.31. The van der Waals surface area contributed by atoms with Gasteiger partial charge in [0.2, 0.25) is 0 Å². The highest BCUT2D eigenvalue weighted by Gasteiger charge is 2.02. The lowest BCUT2D eigenvalue weighted by Crippen LogP contribution is -1.88. The van der Waals surface area contributed by atoms with Gasteiger partial charge in [-0.3, -0.25) is 0 Å². The zero-order valence-corrected chi connectivity index (χ0v) is 9.42. The molecular formula is C11H9ClN2S. The van der Waals surface area contributed by atoms with Crippen molar-refractivity contribution in [2.45, 2.75) is 9.92 Å². The molecule has 0 aliphatic heterocycles. The van der Waals surface area contributed by atoms with Gasteiger partial charge in [-0.2, -0.15) is 0 Å². The number of benzene rings is 1. The van der Waals surface area contributed by atoms with Crippen molar-refractivity contribution in [2.24, 2.45) is 0 Å². The van der Waals surface area contributed by atoms with Crippen molar-refractivity contribution < 1.29 is 0 Å². The Morgan fingerprint density at radius 2 is 2.07 bits per heavy atom. The fourth-order valence-corrected chi connectivity index (χ4v) is 2.11. The predicted molar refractivity (Wildman–Crippen MR) is 64.2 cm³/mol. The summed E-state index contributed by atoms with van der Waals surface area (Å²) in [7, 11) is 0. The van der Waals surface area contributed by atoms with Crippen molar-refractivity contribution in [1.82, 2.24) is 4.98 Å². The van der Waals surface area contributed by atoms with Gasteiger partial charge in [-0.1, -0.05) is 29.4 Å². The second-order valence-electron chi connectivity index (χ2n) is 2.95. The number of nitrogen functional groups attached to an aromatic ring is 1. The molecule has 76 valence electrons. The van der Waals surface area contributed by atoms with Crippen molar-refractivity contribution in [3.8, 4) is 0 Å². The summed E-state index contributed by atoms with van der Waals surface area (Å²) >= 11 is 7.34. The standard InChI is InChI=1S/C11H9ClN2S/c12-8-4-5-10(9(13)7-8)15-11-3-1-2-6-14-11/h1-7H,13H2. The molecule has 2 N–H and O–H groups in total. The van der Waals surface area contributed by atoms with Crippen molar-refractivity contribution in [1.29, 1.82) is 0 Å². The molecule has 0 aliphatic rings. The summed E-state index contributed by atoms with van der Waals surface area (Å²) in [6.45, 7) is 0. The topological polar surface area (TPSA) is 38.9 Å². The molecule has 2 aromatic rings. The fourth-order valence-electron chi connectivity index (χ4n) is 1.13. The molecule has 1 heterocycles. The van der Waals surface area contributed by atoms with Gasteiger partial charge in [0.05, 0.1) is 0 Å². The maximum absolute atomic E-state index is 5.84. The molecule has 0 saturated heterocycles. The third-order valence-corrected chi connectivity index (χ3v) is 3.10. The van der Waals surface area contributed by atoms with Gasteiger partial charge in [0.15, 0.2) is 0 Å². The van der Waals surface area contributed by atoms with E-state index in [2.05, 4.69) is 4.98 Å². The van der Waals surface area contributed by atoms with E-state index in [0.717, 1.165) is 9.92 Å². The van der Waals surface area contributed by atoms with E-state index in [1.165, 1.54) is 11.8 Å². The van der Waals surface area contributed by atoms with E-state index in [9.17, 15) is 0 Å². The molecule has 0 fully saturated rings. The van der Waals surface area contributed by atoms with E-state index in [0.29, 0.717) is 10.7 Å². The van der Waals surface area contributed by atoms with E-state index >= 15 is 0 Å². The summed E-state index contributed by atoms with van der Waals surface area (Å²) in [5.41, 5.74) is 6.52. The molecule has 0 aliphatic carbocycles. The van der Waals surface area contributed by atoms with E-state index in [4.69, 9.17) is 17.3 Å². The minimum absolute atomic E-state index is 0.651. The highest BCUT2D eigenvalue weighted by molar-refractivity contribution is 7.99. The summed E-state index contributed by atoms with van der Waals surface area (Å²) in [6.07, 6.45) is 1.76. The van der Waals surface area contributed by atoms with Crippen LogP contribution in [0.15, 0.2) is 52.5 Å². The van der Waals surface area contributed by atoms with Crippen LogP contribution in [0.5, 0.6) is 0 Å². The normalized spacial score (nSPS) is 10.2. The van der Waals surface area contributed by atoms with Gasteiger partial charge in [-0.25, -0.2) is 4.98 Å². The average molecular weight is 237 g/mol. The maximum atomic E-state index is 5.84. The van der Waals surface area contributed by atoms with Crippen LogP contribution in [0.2, 0.25) is 5.02 Å². The Labute approximate surface area is 97.5 Å². The van der Waals surface area contributed by atoms with E-state index in [1.807, 2.05) is 30.3 Å². The summed E-state index contributed by atoms with van der Waals surface area (Å²) in [4.78, 5) is 5.18. The Balaban J connectivity index is 2.25. The van der Waals surface area contributed by atoms with Gasteiger partial charge in [0.1, 0.15) is 5.03 Å². The Hall–Kier alpha value is -1.19. The summed E-state index contributed by atoms with van der Waals surface area (Å²) in [6, 6.07) is 11.2. The molecule has 0 amide bonds. The first-order valence-corrected chi connectivity index (χ1v) is 5.59. The maximum Gasteiger partial charge on any atom is 0.101 e. The number of halogens is 1. The zero-order valence-electron chi connectivity index (χ0n) is 7.85. The Morgan fingerprint density at radius 3 is 2.73 bits per heavy atom. The lowest BCUT2D eigenvalue weighted by Gasteiger charge is -2.04. The van der Waals surface area contributed by atoms with Gasteiger partial charge in [0, 0.05) is 21.8 Å². The van der Waals surface area contributed by atoms with E-state index in [1.54, 1.807) is 12.3 Å². The molecule has 0 saturated carbocycles. The summed E-state index contributed by atoms with van der Waals surface area (Å²) in [5.74, 6) is 0. The van der Waals surface area contributed by atoms with Crippen LogP contribution in [-0.4, -0.2) is 4.98 Å². The highest BCUT2D eigenvalue weighted by atomic mass is 35.5. The SMILES string of the molecule is Nc1cc(Cl)ccc1Sc1ccccn1. The number of hydrogen-bond acceptors (Lipinski definition) is 3. The Bertz CT molecular complexity index is 459. The zero-order chi connectivity index (χ0) is 10.7. The first kappa shape index (κ1) is 10.3. The summed E-state index contributed by atoms with van der Waals surface area (Å²) < 4.78 is 0. The van der Waals surface area contributed by atoms with Gasteiger partial charge >= 0.3 is 0 Å². The molecule has 0 spiro atoms. The third kappa shape index (κ3) is 2.64. The van der Waals surface area contributed by atoms with Gasteiger partial charge in [-0.05, 0) is 30.3 Å². The molecular weight excluding hydrogens is 228 g/mol. The second kappa shape index (κ2) is 4.55. The molecule has 0 bridgehead atoms. The quantitative estimate of drug-likeness (QED) is 0.812.